The van der Waals surface area contributed by atoms with Crippen LogP contribution in [0.15, 0.2) is 53.1 Å². The van der Waals surface area contributed by atoms with Crippen LogP contribution in [0.4, 0.5) is 11.4 Å². The smallest absolute Gasteiger partial charge is 0.335 e. The zero-order chi connectivity index (χ0) is 20.8. The van der Waals surface area contributed by atoms with Crippen LogP contribution in [0.5, 0.6) is 5.75 Å². The van der Waals surface area contributed by atoms with Gasteiger partial charge in [0.25, 0.3) is 0 Å². The highest BCUT2D eigenvalue weighted by atomic mass is 16.5. The minimum atomic E-state index is -0.970. The molecule has 2 aliphatic heterocycles. The average molecular weight is 399 g/mol. The summed E-state index contributed by atoms with van der Waals surface area (Å²) in [5, 5.41) is 16.4. The maximum absolute atomic E-state index is 11.3. The fourth-order valence-corrected chi connectivity index (χ4v) is 4.67. The summed E-state index contributed by atoms with van der Waals surface area (Å²) in [6, 6.07) is 10.9. The van der Waals surface area contributed by atoms with E-state index < -0.39 is 5.97 Å². The number of fused-ring (bicyclic) bond motifs is 3. The van der Waals surface area contributed by atoms with Crippen molar-refractivity contribution in [3.05, 3.63) is 76.2 Å². The molecule has 0 aromatic heterocycles. The molecule has 6 nitrogen and oxygen atoms in total. The van der Waals surface area contributed by atoms with Gasteiger partial charge < -0.3 is 9.84 Å². The van der Waals surface area contributed by atoms with E-state index >= 15 is 0 Å². The van der Waals surface area contributed by atoms with Gasteiger partial charge in [-0.2, -0.15) is 5.10 Å². The maximum atomic E-state index is 11.3. The molecule has 5 rings (SSSR count). The molecule has 30 heavy (non-hydrogen) atoms. The average Bonchev–Trinajstić information content (AvgIpc) is 3.40. The summed E-state index contributed by atoms with van der Waals surface area (Å²) < 4.78 is 6.02. The third-order valence-electron chi connectivity index (χ3n) is 6.16. The normalized spacial score (nSPS) is 21.8. The van der Waals surface area contributed by atoms with E-state index in [0.717, 1.165) is 41.8 Å². The van der Waals surface area contributed by atoms with E-state index in [0.29, 0.717) is 18.0 Å². The highest BCUT2D eigenvalue weighted by Gasteiger charge is 2.44. The van der Waals surface area contributed by atoms with Crippen LogP contribution >= 0.6 is 0 Å². The number of aromatic carboxylic acids is 1. The van der Waals surface area contributed by atoms with Crippen LogP contribution in [-0.2, 0) is 0 Å². The second-order valence-electron chi connectivity index (χ2n) is 7.96. The Hall–Kier alpha value is -3.59. The van der Waals surface area contributed by atoms with Crippen molar-refractivity contribution in [2.24, 2.45) is 11.0 Å². The molecule has 3 aliphatic rings. The van der Waals surface area contributed by atoms with E-state index in [1.165, 1.54) is 5.57 Å². The number of hydrogen-bond donors (Lipinski definition) is 1. The Balaban J connectivity index is 1.61. The molecule has 0 saturated carbocycles. The minimum Gasteiger partial charge on any atom is -0.492 e. The molecule has 2 atom stereocenters. The fraction of sp³-hybridized carbons (Fsp3) is 0.292. The predicted octanol–water partition coefficient (Wildman–Crippen LogP) is 4.96. The summed E-state index contributed by atoms with van der Waals surface area (Å²) in [6.07, 6.45) is 5.59. The van der Waals surface area contributed by atoms with Crippen molar-refractivity contribution in [3.8, 4) is 5.75 Å². The van der Waals surface area contributed by atoms with Gasteiger partial charge in [0.15, 0.2) is 5.69 Å². The lowest BCUT2D eigenvalue weighted by atomic mass is 9.85. The van der Waals surface area contributed by atoms with Crippen LogP contribution in [0.3, 0.4) is 0 Å². The summed E-state index contributed by atoms with van der Waals surface area (Å²) in [4.78, 5) is 14.9. The van der Waals surface area contributed by atoms with E-state index in [-0.39, 0.29) is 17.5 Å². The largest absolute Gasteiger partial charge is 0.492 e. The standard InChI is InChI=1S/C24H21N3O3/c1-14-11-17(8-10-20(14)25-2)27-23(15-5-3-4-6-15)19-13-30-21-12-16(24(28)29)7-9-18(21)22(19)26-27/h5,7-12,19,23H,3-4,6,13H2,1H3,(H,28,29)/t19-,23-/m0/s1. The molecule has 0 radical (unpaired) electrons. The fourth-order valence-electron chi connectivity index (χ4n) is 4.67. The SMILES string of the molecule is [C-]#[N+]c1ccc(N2N=C3c4ccc(C(=O)O)cc4OC[C@@H]3[C@@H]2C2=CCCC2)cc1C. The highest BCUT2D eigenvalue weighted by Crippen LogP contribution is 2.43. The van der Waals surface area contributed by atoms with Gasteiger partial charge >= 0.3 is 5.97 Å². The molecule has 0 spiro atoms. The van der Waals surface area contributed by atoms with Crippen LogP contribution in [0.2, 0.25) is 0 Å². The van der Waals surface area contributed by atoms with Gasteiger partial charge in [-0.3, -0.25) is 5.01 Å². The number of rotatable bonds is 3. The number of carboxylic acid groups (broad SMARTS) is 1. The van der Waals surface area contributed by atoms with E-state index in [1.807, 2.05) is 25.1 Å². The summed E-state index contributed by atoms with van der Waals surface area (Å²) >= 11 is 0. The molecule has 0 bridgehead atoms. The van der Waals surface area contributed by atoms with Gasteiger partial charge in [-0.15, -0.1) is 0 Å². The van der Waals surface area contributed by atoms with Gasteiger partial charge in [-0.05, 0) is 67.7 Å². The molecule has 6 heteroatoms. The van der Waals surface area contributed by atoms with Crippen molar-refractivity contribution in [1.82, 2.24) is 0 Å². The molecule has 2 aromatic rings. The molecular weight excluding hydrogens is 378 g/mol. The molecule has 0 saturated heterocycles. The summed E-state index contributed by atoms with van der Waals surface area (Å²) in [5.74, 6) is -0.313. The Kier molecular flexibility index (Phi) is 4.32. The monoisotopic (exact) mass is 399 g/mol. The number of hydrazone groups is 1. The lowest BCUT2D eigenvalue weighted by molar-refractivity contribution is 0.0696. The van der Waals surface area contributed by atoms with Gasteiger partial charge in [-0.1, -0.05) is 12.1 Å². The van der Waals surface area contributed by atoms with E-state index in [9.17, 15) is 9.90 Å². The Morgan fingerprint density at radius 1 is 1.30 bits per heavy atom. The molecular formula is C24H21N3O3. The molecule has 0 fully saturated rings. The quantitative estimate of drug-likeness (QED) is 0.585. The number of ether oxygens (including phenoxy) is 1. The molecule has 2 heterocycles. The first kappa shape index (κ1) is 18.4. The van der Waals surface area contributed by atoms with Gasteiger partial charge in [-0.25, -0.2) is 9.64 Å². The molecule has 0 amide bonds. The van der Waals surface area contributed by atoms with Crippen LogP contribution in [0.25, 0.3) is 4.85 Å². The molecule has 1 aliphatic carbocycles. The molecule has 2 aromatic carbocycles. The number of aryl methyl sites for hydroxylation is 1. The van der Waals surface area contributed by atoms with Crippen molar-refractivity contribution in [2.75, 3.05) is 11.6 Å². The van der Waals surface area contributed by atoms with Crippen LogP contribution in [0.1, 0.15) is 40.7 Å². The number of allylic oxidation sites excluding steroid dienone is 1. The Bertz CT molecular complexity index is 1160. The Morgan fingerprint density at radius 3 is 2.87 bits per heavy atom. The lowest BCUT2D eigenvalue weighted by Crippen LogP contribution is -2.40. The first-order chi connectivity index (χ1) is 14.6. The maximum Gasteiger partial charge on any atom is 0.335 e. The van der Waals surface area contributed by atoms with Crippen molar-refractivity contribution in [1.29, 1.82) is 0 Å². The number of anilines is 1. The van der Waals surface area contributed by atoms with Gasteiger partial charge in [0.2, 0.25) is 0 Å². The van der Waals surface area contributed by atoms with Gasteiger partial charge in [0.1, 0.15) is 5.75 Å². The zero-order valence-electron chi connectivity index (χ0n) is 16.6. The third-order valence-corrected chi connectivity index (χ3v) is 6.16. The number of carbonyl (C=O) groups is 1. The van der Waals surface area contributed by atoms with Crippen molar-refractivity contribution in [3.63, 3.8) is 0 Å². The summed E-state index contributed by atoms with van der Waals surface area (Å²) in [5.41, 5.74) is 5.93. The van der Waals surface area contributed by atoms with E-state index in [2.05, 4.69) is 15.9 Å². The molecule has 1 N–H and O–H groups in total. The highest BCUT2D eigenvalue weighted by molar-refractivity contribution is 6.09. The summed E-state index contributed by atoms with van der Waals surface area (Å²) in [7, 11) is 0. The predicted molar refractivity (Wildman–Crippen MR) is 115 cm³/mol. The Labute approximate surface area is 174 Å². The number of carboxylic acids is 1. The first-order valence-corrected chi connectivity index (χ1v) is 10.1. The van der Waals surface area contributed by atoms with E-state index in [1.54, 1.807) is 18.2 Å². The lowest BCUT2D eigenvalue weighted by Gasteiger charge is -2.31. The molecule has 0 unspecified atom stereocenters. The van der Waals surface area contributed by atoms with Crippen LogP contribution in [0, 0.1) is 19.4 Å². The number of benzene rings is 2. The topological polar surface area (TPSA) is 66.5 Å². The summed E-state index contributed by atoms with van der Waals surface area (Å²) in [6.45, 7) is 9.73. The molecule has 150 valence electrons. The third kappa shape index (κ3) is 2.86. The minimum absolute atomic E-state index is 0.0768. The number of hydrogen-bond acceptors (Lipinski definition) is 4. The second kappa shape index (κ2) is 7.03. The van der Waals surface area contributed by atoms with Crippen molar-refractivity contribution >= 4 is 23.1 Å². The van der Waals surface area contributed by atoms with Crippen LogP contribution < -0.4 is 9.75 Å². The van der Waals surface area contributed by atoms with Gasteiger partial charge in [0, 0.05) is 5.56 Å². The van der Waals surface area contributed by atoms with Crippen molar-refractivity contribution < 1.29 is 14.6 Å². The second-order valence-corrected chi connectivity index (χ2v) is 7.96. The Morgan fingerprint density at radius 2 is 2.17 bits per heavy atom. The van der Waals surface area contributed by atoms with Crippen molar-refractivity contribution in [2.45, 2.75) is 32.2 Å². The zero-order valence-corrected chi connectivity index (χ0v) is 16.6. The van der Waals surface area contributed by atoms with E-state index in [4.69, 9.17) is 16.4 Å². The van der Waals surface area contributed by atoms with Crippen LogP contribution in [-0.4, -0.2) is 29.4 Å². The number of nitrogens with zero attached hydrogens (tertiary/aromatic N) is 3. The first-order valence-electron chi connectivity index (χ1n) is 10.1. The van der Waals surface area contributed by atoms with Gasteiger partial charge in [0.05, 0.1) is 42.1 Å².